The Kier molecular flexibility index (Phi) is 7.88. The van der Waals surface area contributed by atoms with Crippen LogP contribution in [0.15, 0.2) is 30.5 Å². The lowest BCUT2D eigenvalue weighted by Crippen LogP contribution is -2.43. The minimum atomic E-state index is -0.606. The molecule has 0 spiro atoms. The van der Waals surface area contributed by atoms with Crippen molar-refractivity contribution in [3.8, 4) is 17.0 Å². The molecule has 2 aliphatic heterocycles. The van der Waals surface area contributed by atoms with Gasteiger partial charge in [0.1, 0.15) is 11.9 Å². The summed E-state index contributed by atoms with van der Waals surface area (Å²) in [5.41, 5.74) is 2.73. The number of aromatic nitrogens is 2. The van der Waals surface area contributed by atoms with Crippen LogP contribution in [0.1, 0.15) is 37.8 Å². The largest absolute Gasteiger partial charge is 0.490 e. The van der Waals surface area contributed by atoms with Crippen LogP contribution in [0.2, 0.25) is 0 Å². The normalized spacial score (nSPS) is 23.2. The summed E-state index contributed by atoms with van der Waals surface area (Å²) in [4.78, 5) is 17.1. The number of carbonyl (C=O) groups excluding carboxylic acids is 1. The van der Waals surface area contributed by atoms with Gasteiger partial charge in [-0.15, -0.1) is 0 Å². The van der Waals surface area contributed by atoms with Gasteiger partial charge >= 0.3 is 0 Å². The number of hydrogen-bond acceptors (Lipinski definition) is 7. The Morgan fingerprint density at radius 3 is 2.68 bits per heavy atom. The van der Waals surface area contributed by atoms with E-state index in [0.29, 0.717) is 18.7 Å². The van der Waals surface area contributed by atoms with E-state index in [1.807, 2.05) is 40.9 Å². The molecule has 2 saturated heterocycles. The monoisotopic (exact) mass is 471 g/mol. The number of nitrogens with one attached hydrogen (secondary N) is 1. The number of aryl methyl sites for hydroxylation is 1. The van der Waals surface area contributed by atoms with Crippen molar-refractivity contribution in [2.75, 3.05) is 40.3 Å². The molecule has 3 atom stereocenters. The summed E-state index contributed by atoms with van der Waals surface area (Å²) >= 11 is 0. The quantitative estimate of drug-likeness (QED) is 0.533. The molecule has 1 aromatic heterocycles. The number of nitrogens with zero attached hydrogens (tertiary/aromatic N) is 4. The molecule has 2 aliphatic rings. The summed E-state index contributed by atoms with van der Waals surface area (Å²) in [7, 11) is 3.94. The minimum Gasteiger partial charge on any atom is -0.490 e. The highest BCUT2D eigenvalue weighted by molar-refractivity contribution is 5.82. The lowest BCUT2D eigenvalue weighted by atomic mass is 10.0. The molecule has 0 aliphatic carbocycles. The van der Waals surface area contributed by atoms with Gasteiger partial charge < -0.3 is 25.2 Å². The van der Waals surface area contributed by atoms with Crippen molar-refractivity contribution in [2.24, 2.45) is 0 Å². The molecular weight excluding hydrogens is 434 g/mol. The standard InChI is InChI=1S/C25H37N5O4/c1-4-30-22(7-10-26-30)17-5-6-20(24(13-17)34-19-8-11-28(2)12-9-19)21(16-31)27-25(33)23-14-18(32)15-29(23)3/h5-7,10,13,18-19,21,23,31-32H,4,8-9,11-12,14-16H2,1-3H3,(H,27,33). The van der Waals surface area contributed by atoms with Crippen LogP contribution < -0.4 is 10.1 Å². The first-order valence-electron chi connectivity index (χ1n) is 12.2. The zero-order chi connectivity index (χ0) is 24.2. The van der Waals surface area contributed by atoms with Crippen molar-refractivity contribution < 1.29 is 19.7 Å². The van der Waals surface area contributed by atoms with Crippen LogP contribution >= 0.6 is 0 Å². The van der Waals surface area contributed by atoms with E-state index in [9.17, 15) is 15.0 Å². The second-order valence-electron chi connectivity index (χ2n) is 9.49. The van der Waals surface area contributed by atoms with Crippen LogP contribution in [0.25, 0.3) is 11.3 Å². The minimum absolute atomic E-state index is 0.0763. The number of amides is 1. The number of β-amino-alcohol motifs (C(OH)–C–C–N with tert-alkyl or cyclic N) is 1. The number of likely N-dealkylation sites (tertiary alicyclic amines) is 2. The number of ether oxygens (including phenoxy) is 1. The molecule has 186 valence electrons. The molecule has 2 aromatic rings. The van der Waals surface area contributed by atoms with Gasteiger partial charge in [-0.1, -0.05) is 12.1 Å². The fourth-order valence-electron chi connectivity index (χ4n) is 4.96. The Morgan fingerprint density at radius 2 is 2.03 bits per heavy atom. The van der Waals surface area contributed by atoms with Gasteiger partial charge in [0.25, 0.3) is 0 Å². The van der Waals surface area contributed by atoms with Crippen LogP contribution in [0, 0.1) is 0 Å². The summed E-state index contributed by atoms with van der Waals surface area (Å²) in [5, 5.41) is 27.5. The van der Waals surface area contributed by atoms with E-state index in [4.69, 9.17) is 4.74 Å². The third kappa shape index (κ3) is 5.43. The molecule has 0 radical (unpaired) electrons. The molecule has 1 aromatic carbocycles. The highest BCUT2D eigenvalue weighted by atomic mass is 16.5. The molecule has 1 amide bonds. The Hall–Kier alpha value is -2.46. The summed E-state index contributed by atoms with van der Waals surface area (Å²) in [5.74, 6) is 0.478. The summed E-state index contributed by atoms with van der Waals surface area (Å²) in [6.07, 6.45) is 3.58. The average molecular weight is 472 g/mol. The Balaban J connectivity index is 1.61. The van der Waals surface area contributed by atoms with Crippen LogP contribution in [0.3, 0.4) is 0 Å². The van der Waals surface area contributed by atoms with E-state index >= 15 is 0 Å². The maximum Gasteiger partial charge on any atom is 0.238 e. The fourth-order valence-corrected chi connectivity index (χ4v) is 4.96. The van der Waals surface area contributed by atoms with Crippen LogP contribution in [0.5, 0.6) is 5.75 Å². The molecule has 3 unspecified atom stereocenters. The SMILES string of the molecule is CCn1nccc1-c1ccc(C(CO)NC(=O)C2CC(O)CN2C)c(OC2CCN(C)CC2)c1. The third-order valence-electron chi connectivity index (χ3n) is 6.99. The van der Waals surface area contributed by atoms with Crippen molar-refractivity contribution in [1.29, 1.82) is 0 Å². The third-order valence-corrected chi connectivity index (χ3v) is 6.99. The number of piperidine rings is 1. The second kappa shape index (κ2) is 10.9. The number of carbonyl (C=O) groups is 1. The van der Waals surface area contributed by atoms with Crippen molar-refractivity contribution in [3.05, 3.63) is 36.0 Å². The van der Waals surface area contributed by atoms with Gasteiger partial charge in [0.15, 0.2) is 0 Å². The van der Waals surface area contributed by atoms with Crippen molar-refractivity contribution >= 4 is 5.91 Å². The van der Waals surface area contributed by atoms with Gasteiger partial charge in [0.2, 0.25) is 5.91 Å². The van der Waals surface area contributed by atoms with Gasteiger partial charge in [-0.3, -0.25) is 14.4 Å². The van der Waals surface area contributed by atoms with E-state index in [-0.39, 0.29) is 18.6 Å². The fraction of sp³-hybridized carbons (Fsp3) is 0.600. The highest BCUT2D eigenvalue weighted by Crippen LogP contribution is 2.33. The molecule has 34 heavy (non-hydrogen) atoms. The molecule has 9 nitrogen and oxygen atoms in total. The van der Waals surface area contributed by atoms with Gasteiger partial charge in [-0.2, -0.15) is 5.10 Å². The smallest absolute Gasteiger partial charge is 0.238 e. The molecule has 0 bridgehead atoms. The van der Waals surface area contributed by atoms with E-state index in [2.05, 4.69) is 29.3 Å². The summed E-state index contributed by atoms with van der Waals surface area (Å²) in [6.45, 7) is 4.96. The van der Waals surface area contributed by atoms with Gasteiger partial charge in [-0.05, 0) is 52.4 Å². The van der Waals surface area contributed by atoms with Crippen LogP contribution in [-0.4, -0.2) is 94.3 Å². The highest BCUT2D eigenvalue weighted by Gasteiger charge is 2.35. The maximum absolute atomic E-state index is 13.0. The zero-order valence-electron chi connectivity index (χ0n) is 20.4. The number of benzene rings is 1. The Morgan fingerprint density at radius 1 is 1.26 bits per heavy atom. The molecule has 3 N–H and O–H groups in total. The van der Waals surface area contributed by atoms with Gasteiger partial charge in [-0.25, -0.2) is 0 Å². The first-order chi connectivity index (χ1) is 16.4. The summed E-state index contributed by atoms with van der Waals surface area (Å²) in [6, 6.07) is 6.87. The Labute approximate surface area is 201 Å². The predicted molar refractivity (Wildman–Crippen MR) is 129 cm³/mol. The van der Waals surface area contributed by atoms with Crippen LogP contribution in [0.4, 0.5) is 0 Å². The van der Waals surface area contributed by atoms with Crippen molar-refractivity contribution in [2.45, 2.75) is 57.0 Å². The molecule has 0 saturated carbocycles. The lowest BCUT2D eigenvalue weighted by Gasteiger charge is -2.31. The molecular formula is C25H37N5O4. The van der Waals surface area contributed by atoms with E-state index < -0.39 is 18.2 Å². The Bertz CT molecular complexity index is 972. The lowest BCUT2D eigenvalue weighted by molar-refractivity contribution is -0.126. The van der Waals surface area contributed by atoms with Gasteiger partial charge in [0.05, 0.1) is 30.5 Å². The first-order valence-corrected chi connectivity index (χ1v) is 12.2. The average Bonchev–Trinajstić information content (AvgIpc) is 3.44. The van der Waals surface area contributed by atoms with Crippen molar-refractivity contribution in [3.63, 3.8) is 0 Å². The molecule has 3 heterocycles. The predicted octanol–water partition coefficient (Wildman–Crippen LogP) is 1.26. The first kappa shape index (κ1) is 24.7. The van der Waals surface area contributed by atoms with E-state index in [1.54, 1.807) is 6.20 Å². The molecule has 9 heteroatoms. The molecule has 2 fully saturated rings. The summed E-state index contributed by atoms with van der Waals surface area (Å²) < 4.78 is 8.44. The number of aliphatic hydroxyl groups is 2. The van der Waals surface area contributed by atoms with E-state index in [1.165, 1.54) is 0 Å². The van der Waals surface area contributed by atoms with E-state index in [0.717, 1.165) is 49.3 Å². The van der Waals surface area contributed by atoms with Gasteiger partial charge in [0, 0.05) is 43.5 Å². The number of aliphatic hydroxyl groups excluding tert-OH is 2. The number of hydrogen-bond donors (Lipinski definition) is 3. The number of rotatable bonds is 8. The molecule has 4 rings (SSSR count). The number of likely N-dealkylation sites (N-methyl/N-ethyl adjacent to an activating group) is 1. The zero-order valence-corrected chi connectivity index (χ0v) is 20.4. The topological polar surface area (TPSA) is 103 Å². The maximum atomic E-state index is 13.0. The van der Waals surface area contributed by atoms with Crippen LogP contribution in [-0.2, 0) is 11.3 Å². The second-order valence-corrected chi connectivity index (χ2v) is 9.49. The van der Waals surface area contributed by atoms with Crippen molar-refractivity contribution in [1.82, 2.24) is 24.9 Å².